The molecule has 0 atom stereocenters. The summed E-state index contributed by atoms with van der Waals surface area (Å²) in [7, 11) is 0. The smallest absolute Gasteiger partial charge is 0.550 e. The summed E-state index contributed by atoms with van der Waals surface area (Å²) in [5, 5.41) is 20.5. The van der Waals surface area contributed by atoms with Crippen LogP contribution in [0.4, 0.5) is 0 Å². The molecule has 0 aliphatic heterocycles. The number of carbonyl (C=O) groups is 2. The molecule has 5 heteroatoms. The Morgan fingerprint density at radius 3 is 1.00 bits per heavy atom. The minimum absolute atomic E-state index is 0. The summed E-state index contributed by atoms with van der Waals surface area (Å²) in [6.45, 7) is 15.6. The molecule has 0 aliphatic rings. The first-order valence-electron chi connectivity index (χ1n) is 18.4. The number of hydrogen-bond donors (Lipinski definition) is 0. The van der Waals surface area contributed by atoms with Gasteiger partial charge in [-0.1, -0.05) is 219 Å². The van der Waals surface area contributed by atoms with Gasteiger partial charge in [0.2, 0.25) is 0 Å². The number of carboxylic acid groups (broad SMARTS) is 2. The fraction of sp³-hybridized carbons (Fsp3) is 0.750. The molecule has 0 N–H and O–H groups in total. The second kappa shape index (κ2) is 45.1. The molecule has 4 radical (unpaired) electrons. The van der Waals surface area contributed by atoms with Crippen LogP contribution < -0.4 is 10.2 Å². The van der Waals surface area contributed by atoms with Gasteiger partial charge in [-0.25, -0.2) is 0 Å². The van der Waals surface area contributed by atoms with Gasteiger partial charge in [0.1, 0.15) is 0 Å². The third-order valence-corrected chi connectivity index (χ3v) is 7.48. The van der Waals surface area contributed by atoms with Crippen LogP contribution in [0.1, 0.15) is 204 Å². The molecule has 1 aromatic rings. The molecule has 0 aromatic heterocycles. The number of hydrogen-bond acceptors (Lipinski definition) is 4. The number of unbranched alkanes of at least 4 members (excludes halogenated alkanes) is 22. The van der Waals surface area contributed by atoms with Gasteiger partial charge in [0.25, 0.3) is 0 Å². The Balaban J connectivity index is -0.000000358. The van der Waals surface area contributed by atoms with Crippen molar-refractivity contribution in [1.82, 2.24) is 0 Å². The number of aryl methyl sites for hydroxylation is 1. The molecule has 0 heterocycles. The fourth-order valence-electron chi connectivity index (χ4n) is 4.39. The Morgan fingerprint density at radius 1 is 0.511 bits per heavy atom. The number of carboxylic acids is 2. The Kier molecular flexibility index (Phi) is 50.9. The van der Waals surface area contributed by atoms with Gasteiger partial charge in [0, 0.05) is 5.97 Å². The fourth-order valence-corrected chi connectivity index (χ4v) is 4.39. The third kappa shape index (κ3) is 50.0. The molecule has 0 aliphatic carbocycles. The van der Waals surface area contributed by atoms with Crippen molar-refractivity contribution < 1.29 is 19.8 Å². The summed E-state index contributed by atoms with van der Waals surface area (Å²) in [4.78, 5) is 20.5. The van der Waals surface area contributed by atoms with E-state index in [1.54, 1.807) is 12.1 Å². The second-order valence-corrected chi connectivity index (χ2v) is 12.1. The van der Waals surface area contributed by atoms with Gasteiger partial charge in [-0.05, 0) is 25.3 Å². The van der Waals surface area contributed by atoms with Crippen molar-refractivity contribution in [2.24, 2.45) is 0 Å². The summed E-state index contributed by atoms with van der Waals surface area (Å²) in [5.74, 6) is -2.03. The molecule has 0 spiro atoms. The zero-order valence-electron chi connectivity index (χ0n) is 30.2. The van der Waals surface area contributed by atoms with E-state index in [0.717, 1.165) is 31.2 Å². The molecule has 0 saturated carbocycles. The van der Waals surface area contributed by atoms with Crippen LogP contribution in [0.25, 0.3) is 0 Å². The van der Waals surface area contributed by atoms with E-state index in [2.05, 4.69) is 34.6 Å². The van der Waals surface area contributed by atoms with E-state index < -0.39 is 11.9 Å². The van der Waals surface area contributed by atoms with Gasteiger partial charge < -0.3 is 19.8 Å². The van der Waals surface area contributed by atoms with Gasteiger partial charge in [0.15, 0.2) is 0 Å². The molecule has 1 rings (SSSR count). The Bertz CT molecular complexity index is 682. The number of carbonyl (C=O) groups excluding carboxylic acids is 2. The SMILES string of the molecule is CCCCCCCCCCCCCCCCCCCCCCCC(=O)[O-].Cc1ccc(C(=O)[O-])cc1.[CH2]CCC.[CH2]CCC.[Sn+2]. The predicted octanol–water partition coefficient (Wildman–Crippen LogP) is 10.6. The van der Waals surface area contributed by atoms with Crippen LogP contribution in [0, 0.1) is 20.8 Å². The zero-order valence-corrected chi connectivity index (χ0v) is 33.1. The summed E-state index contributed by atoms with van der Waals surface area (Å²) in [6, 6.07) is 6.55. The largest absolute Gasteiger partial charge is 2.00 e. The molecule has 0 unspecified atom stereocenters. The average Bonchev–Trinajstić information content (AvgIpc) is 3.02. The normalized spacial score (nSPS) is 9.82. The first-order chi connectivity index (χ1) is 21.3. The van der Waals surface area contributed by atoms with E-state index in [1.807, 2.05) is 6.92 Å². The van der Waals surface area contributed by atoms with E-state index >= 15 is 0 Å². The average molecular weight is 736 g/mol. The standard InChI is InChI=1S/C24H48O2.C8H8O2.2C4H9.Sn/c1-2-3-4-5-6-7-8-9-10-11-12-13-14-15-16-17-18-19-20-21-22-23-24(25)26;1-6-2-4-7(5-3-6)8(9)10;2*1-3-4-2;/h2-23H2,1H3,(H,25,26);2-5H,1H3,(H,9,10);2*1,3-4H2,2H3;/q;;;;+2/p-2. The van der Waals surface area contributed by atoms with Crippen molar-refractivity contribution in [2.75, 3.05) is 0 Å². The molecular weight excluding hydrogens is 663 g/mol. The number of aliphatic carboxylic acids is 1. The third-order valence-electron chi connectivity index (χ3n) is 7.48. The van der Waals surface area contributed by atoms with E-state index in [1.165, 1.54) is 147 Å². The van der Waals surface area contributed by atoms with E-state index in [-0.39, 0.29) is 35.9 Å². The van der Waals surface area contributed by atoms with Crippen LogP contribution >= 0.6 is 0 Å². The van der Waals surface area contributed by atoms with Crippen LogP contribution in [0.3, 0.4) is 0 Å². The summed E-state index contributed by atoms with van der Waals surface area (Å²) < 4.78 is 0. The Labute approximate surface area is 298 Å². The maximum absolute atomic E-state index is 10.3. The monoisotopic (exact) mass is 736 g/mol. The summed E-state index contributed by atoms with van der Waals surface area (Å²) >= 11 is 0. The first-order valence-corrected chi connectivity index (χ1v) is 18.4. The Hall–Kier alpha value is -1.04. The molecule has 1 aromatic carbocycles. The van der Waals surface area contributed by atoms with Gasteiger partial charge in [-0.2, -0.15) is 0 Å². The number of rotatable bonds is 25. The molecule has 0 amide bonds. The molecule has 0 bridgehead atoms. The summed E-state index contributed by atoms with van der Waals surface area (Å²) in [6.07, 6.45) is 33.3. The molecule has 4 nitrogen and oxygen atoms in total. The maximum atomic E-state index is 10.3. The predicted molar refractivity (Wildman–Crippen MR) is 194 cm³/mol. The molecule has 260 valence electrons. The van der Waals surface area contributed by atoms with Crippen LogP contribution in [-0.2, 0) is 4.79 Å². The minimum atomic E-state index is -1.12. The van der Waals surface area contributed by atoms with Crippen molar-refractivity contribution in [3.05, 3.63) is 49.2 Å². The van der Waals surface area contributed by atoms with E-state index in [4.69, 9.17) is 0 Å². The Morgan fingerprint density at radius 2 is 0.778 bits per heavy atom. The van der Waals surface area contributed by atoms with Crippen molar-refractivity contribution in [2.45, 2.75) is 195 Å². The van der Waals surface area contributed by atoms with Crippen LogP contribution in [0.15, 0.2) is 24.3 Å². The van der Waals surface area contributed by atoms with E-state index in [0.29, 0.717) is 0 Å². The number of aromatic carboxylic acids is 1. The number of benzene rings is 1. The van der Waals surface area contributed by atoms with E-state index in [9.17, 15) is 19.8 Å². The van der Waals surface area contributed by atoms with Crippen LogP contribution in [-0.4, -0.2) is 35.8 Å². The quantitative estimate of drug-likeness (QED) is 0.0740. The topological polar surface area (TPSA) is 80.3 Å². The van der Waals surface area contributed by atoms with Gasteiger partial charge >= 0.3 is 23.9 Å². The summed E-state index contributed by atoms with van der Waals surface area (Å²) in [5.41, 5.74) is 1.27. The molecule has 45 heavy (non-hydrogen) atoms. The van der Waals surface area contributed by atoms with Gasteiger partial charge in [0.05, 0.1) is 5.97 Å². The molecular formula is C40H72O4Sn. The van der Waals surface area contributed by atoms with Crippen molar-refractivity contribution in [3.8, 4) is 0 Å². The van der Waals surface area contributed by atoms with Crippen LogP contribution in [0.5, 0.6) is 0 Å². The zero-order chi connectivity index (χ0) is 33.5. The minimum Gasteiger partial charge on any atom is -0.550 e. The van der Waals surface area contributed by atoms with Crippen molar-refractivity contribution >= 4 is 35.8 Å². The molecule has 0 fully saturated rings. The second-order valence-electron chi connectivity index (χ2n) is 12.1. The van der Waals surface area contributed by atoms with Gasteiger partial charge in [-0.3, -0.25) is 0 Å². The maximum Gasteiger partial charge on any atom is 2.00 e. The molecule has 0 saturated heterocycles. The van der Waals surface area contributed by atoms with Crippen LogP contribution in [0.2, 0.25) is 0 Å². The van der Waals surface area contributed by atoms with Crippen molar-refractivity contribution in [3.63, 3.8) is 0 Å². The first kappa shape index (κ1) is 50.8. The van der Waals surface area contributed by atoms with Gasteiger partial charge in [-0.15, -0.1) is 0 Å². The van der Waals surface area contributed by atoms with Crippen molar-refractivity contribution in [1.29, 1.82) is 0 Å².